The Morgan fingerprint density at radius 2 is 1.93 bits per heavy atom. The van der Waals surface area contributed by atoms with Crippen LogP contribution in [-0.4, -0.2) is 38.8 Å². The third-order valence-electron chi connectivity index (χ3n) is 5.68. The zero-order valence-electron chi connectivity index (χ0n) is 16.6. The molecule has 1 aliphatic rings. The van der Waals surface area contributed by atoms with E-state index in [-0.39, 0.29) is 12.0 Å². The minimum absolute atomic E-state index is 0.122. The number of benzene rings is 1. The van der Waals surface area contributed by atoms with Crippen molar-refractivity contribution in [3.8, 4) is 0 Å². The summed E-state index contributed by atoms with van der Waals surface area (Å²) in [5.41, 5.74) is 3.09. The molecule has 2 aromatic heterocycles. The molecule has 3 aromatic rings. The predicted octanol–water partition coefficient (Wildman–Crippen LogP) is 3.32. The Labute approximate surface area is 170 Å². The van der Waals surface area contributed by atoms with E-state index in [9.17, 15) is 9.90 Å². The predicted molar refractivity (Wildman–Crippen MR) is 112 cm³/mol. The Kier molecular flexibility index (Phi) is 5.76. The second kappa shape index (κ2) is 8.61. The molecule has 1 atom stereocenters. The fraction of sp³-hybridized carbons (Fsp3) is 0.409. The molecule has 1 unspecified atom stereocenters. The van der Waals surface area contributed by atoms with E-state index in [4.69, 9.17) is 0 Å². The van der Waals surface area contributed by atoms with Crippen molar-refractivity contribution in [3.05, 3.63) is 53.7 Å². The summed E-state index contributed by atoms with van der Waals surface area (Å²) < 4.78 is 1.80. The number of anilines is 2. The van der Waals surface area contributed by atoms with Crippen molar-refractivity contribution < 1.29 is 9.90 Å². The first kappa shape index (κ1) is 19.4. The van der Waals surface area contributed by atoms with Crippen LogP contribution in [0.4, 0.5) is 11.6 Å². The molecule has 1 amide bonds. The second-order valence-corrected chi connectivity index (χ2v) is 7.67. The van der Waals surface area contributed by atoms with Crippen LogP contribution in [0.15, 0.2) is 42.5 Å². The van der Waals surface area contributed by atoms with Gasteiger partial charge in [0.05, 0.1) is 6.10 Å². The summed E-state index contributed by atoms with van der Waals surface area (Å²) in [7, 11) is 1.61. The molecule has 3 N–H and O–H groups in total. The maximum atomic E-state index is 11.7. The lowest BCUT2D eigenvalue weighted by atomic mass is 9.84. The van der Waals surface area contributed by atoms with Crippen molar-refractivity contribution in [1.29, 1.82) is 0 Å². The minimum atomic E-state index is -0.348. The lowest BCUT2D eigenvalue weighted by Crippen LogP contribution is -2.25. The monoisotopic (exact) mass is 393 g/mol. The SMILES string of the molecule is CNC(=O)c1ccc(Nc2nc3cccc(CC(O)C4CCCCC4)n3n2)cc1. The number of nitrogens with zero attached hydrogens (tertiary/aromatic N) is 3. The highest BCUT2D eigenvalue weighted by Crippen LogP contribution is 2.28. The summed E-state index contributed by atoms with van der Waals surface area (Å²) in [6.45, 7) is 0. The van der Waals surface area contributed by atoms with Crippen molar-refractivity contribution in [1.82, 2.24) is 19.9 Å². The number of carbonyl (C=O) groups excluding carboxylic acids is 1. The molecule has 0 aliphatic heterocycles. The van der Waals surface area contributed by atoms with Crippen LogP contribution >= 0.6 is 0 Å². The molecule has 0 saturated heterocycles. The number of hydrogen-bond acceptors (Lipinski definition) is 5. The fourth-order valence-corrected chi connectivity index (χ4v) is 4.04. The van der Waals surface area contributed by atoms with Gasteiger partial charge in [-0.15, -0.1) is 5.10 Å². The third-order valence-corrected chi connectivity index (χ3v) is 5.68. The number of rotatable bonds is 6. The smallest absolute Gasteiger partial charge is 0.251 e. The molecule has 1 fully saturated rings. The standard InChI is InChI=1S/C22H27N5O2/c1-23-21(29)16-10-12-17(13-11-16)24-22-25-20-9-5-8-18(27(20)26-22)14-19(28)15-6-3-2-4-7-15/h5,8-13,15,19,28H,2-4,6-7,14H2,1H3,(H,23,29)(H,24,26). The van der Waals surface area contributed by atoms with Gasteiger partial charge in [0.1, 0.15) is 0 Å². The first-order valence-electron chi connectivity index (χ1n) is 10.3. The van der Waals surface area contributed by atoms with Gasteiger partial charge in [0.15, 0.2) is 5.65 Å². The largest absolute Gasteiger partial charge is 0.392 e. The molecule has 1 saturated carbocycles. The fourth-order valence-electron chi connectivity index (χ4n) is 4.04. The summed E-state index contributed by atoms with van der Waals surface area (Å²) in [6, 6.07) is 13.0. The van der Waals surface area contributed by atoms with Crippen LogP contribution in [0, 0.1) is 5.92 Å². The van der Waals surface area contributed by atoms with E-state index in [0.717, 1.165) is 29.9 Å². The van der Waals surface area contributed by atoms with Crippen molar-refractivity contribution in [3.63, 3.8) is 0 Å². The average molecular weight is 393 g/mol. The molecule has 29 heavy (non-hydrogen) atoms. The maximum Gasteiger partial charge on any atom is 0.251 e. The molecule has 2 heterocycles. The quantitative estimate of drug-likeness (QED) is 0.598. The van der Waals surface area contributed by atoms with Crippen molar-refractivity contribution in [2.75, 3.05) is 12.4 Å². The van der Waals surface area contributed by atoms with Crippen molar-refractivity contribution >= 4 is 23.2 Å². The van der Waals surface area contributed by atoms with Gasteiger partial charge < -0.3 is 15.7 Å². The highest BCUT2D eigenvalue weighted by atomic mass is 16.3. The molecular weight excluding hydrogens is 366 g/mol. The molecule has 0 bridgehead atoms. The first-order valence-corrected chi connectivity index (χ1v) is 10.3. The number of fused-ring (bicyclic) bond motifs is 1. The van der Waals surface area contributed by atoms with Gasteiger partial charge >= 0.3 is 0 Å². The summed E-state index contributed by atoms with van der Waals surface area (Å²) in [6.07, 6.45) is 6.14. The molecule has 7 heteroatoms. The van der Waals surface area contributed by atoms with E-state index in [1.165, 1.54) is 19.3 Å². The topological polar surface area (TPSA) is 91.5 Å². The summed E-state index contributed by atoms with van der Waals surface area (Å²) in [5.74, 6) is 0.736. The number of hydrogen-bond donors (Lipinski definition) is 3. The van der Waals surface area contributed by atoms with E-state index in [1.54, 1.807) is 23.7 Å². The Balaban J connectivity index is 1.50. The molecule has 0 radical (unpaired) electrons. The Morgan fingerprint density at radius 1 is 1.17 bits per heavy atom. The highest BCUT2D eigenvalue weighted by Gasteiger charge is 2.23. The van der Waals surface area contributed by atoms with Gasteiger partial charge in [-0.05, 0) is 55.2 Å². The van der Waals surface area contributed by atoms with Crippen molar-refractivity contribution in [2.45, 2.75) is 44.6 Å². The Hall–Kier alpha value is -2.93. The van der Waals surface area contributed by atoms with E-state index in [1.807, 2.05) is 30.3 Å². The Bertz CT molecular complexity index is 977. The lowest BCUT2D eigenvalue weighted by molar-refractivity contribution is 0.0838. The zero-order chi connectivity index (χ0) is 20.2. The molecule has 0 spiro atoms. The van der Waals surface area contributed by atoms with Gasteiger partial charge in [0.25, 0.3) is 5.91 Å². The summed E-state index contributed by atoms with van der Waals surface area (Å²) >= 11 is 0. The molecule has 1 aliphatic carbocycles. The first-order chi connectivity index (χ1) is 14.1. The van der Waals surface area contributed by atoms with Crippen LogP contribution in [0.2, 0.25) is 0 Å². The van der Waals surface area contributed by atoms with Crippen LogP contribution in [0.1, 0.15) is 48.2 Å². The lowest BCUT2D eigenvalue weighted by Gasteiger charge is -2.26. The van der Waals surface area contributed by atoms with Gasteiger partial charge in [-0.2, -0.15) is 4.98 Å². The van der Waals surface area contributed by atoms with Gasteiger partial charge in [-0.1, -0.05) is 25.3 Å². The van der Waals surface area contributed by atoms with E-state index < -0.39 is 0 Å². The van der Waals surface area contributed by atoms with Crippen LogP contribution in [0.3, 0.4) is 0 Å². The zero-order valence-corrected chi connectivity index (χ0v) is 16.6. The number of pyridine rings is 1. The molecule has 152 valence electrons. The molecular formula is C22H27N5O2. The third kappa shape index (κ3) is 4.40. The number of nitrogens with one attached hydrogen (secondary N) is 2. The van der Waals surface area contributed by atoms with E-state index >= 15 is 0 Å². The summed E-state index contributed by atoms with van der Waals surface area (Å²) in [4.78, 5) is 16.2. The van der Waals surface area contributed by atoms with Gasteiger partial charge in [0.2, 0.25) is 5.95 Å². The van der Waals surface area contributed by atoms with Crippen molar-refractivity contribution in [2.24, 2.45) is 5.92 Å². The minimum Gasteiger partial charge on any atom is -0.392 e. The average Bonchev–Trinajstić information content (AvgIpc) is 3.18. The summed E-state index contributed by atoms with van der Waals surface area (Å²) in [5, 5.41) is 21.1. The van der Waals surface area contributed by atoms with E-state index in [0.29, 0.717) is 23.9 Å². The second-order valence-electron chi connectivity index (χ2n) is 7.67. The van der Waals surface area contributed by atoms with Gasteiger partial charge in [0, 0.05) is 30.4 Å². The molecule has 7 nitrogen and oxygen atoms in total. The maximum absolute atomic E-state index is 11.7. The number of aromatic nitrogens is 3. The van der Waals surface area contributed by atoms with Crippen LogP contribution < -0.4 is 10.6 Å². The molecule has 1 aromatic carbocycles. The van der Waals surface area contributed by atoms with Gasteiger partial charge in [-0.3, -0.25) is 4.79 Å². The van der Waals surface area contributed by atoms with Crippen LogP contribution in [0.25, 0.3) is 5.65 Å². The number of aliphatic hydroxyl groups is 1. The number of carbonyl (C=O) groups is 1. The number of aliphatic hydroxyl groups excluding tert-OH is 1. The van der Waals surface area contributed by atoms with Gasteiger partial charge in [-0.25, -0.2) is 4.52 Å². The van der Waals surface area contributed by atoms with Crippen LogP contribution in [-0.2, 0) is 6.42 Å². The van der Waals surface area contributed by atoms with Crippen LogP contribution in [0.5, 0.6) is 0 Å². The molecule has 4 rings (SSSR count). The normalized spacial score (nSPS) is 15.9. The number of amides is 1. The highest BCUT2D eigenvalue weighted by molar-refractivity contribution is 5.94. The Morgan fingerprint density at radius 3 is 2.66 bits per heavy atom. The van der Waals surface area contributed by atoms with E-state index in [2.05, 4.69) is 20.7 Å².